The molecule has 0 radical (unpaired) electrons. The average Bonchev–Trinajstić information content (AvgIpc) is 3.43. The highest BCUT2D eigenvalue weighted by molar-refractivity contribution is 5.96. The van der Waals surface area contributed by atoms with Crippen LogP contribution in [0.15, 0.2) is 72.8 Å². The fourth-order valence-corrected chi connectivity index (χ4v) is 5.60. The van der Waals surface area contributed by atoms with Crippen LogP contribution in [0.1, 0.15) is 63.1 Å². The van der Waals surface area contributed by atoms with Crippen LogP contribution in [-0.2, 0) is 9.47 Å². The van der Waals surface area contributed by atoms with E-state index in [1.54, 1.807) is 6.92 Å². The lowest BCUT2D eigenvalue weighted by Gasteiger charge is -2.25. The first-order valence-corrected chi connectivity index (χ1v) is 14.9. The molecule has 5 heterocycles. The largest absolute Gasteiger partial charge is 0.359 e. The predicted octanol–water partition coefficient (Wildman–Crippen LogP) is 7.18. The molecule has 2 aliphatic rings. The third kappa shape index (κ3) is 6.50. The van der Waals surface area contributed by atoms with Gasteiger partial charge in [0.1, 0.15) is 6.23 Å². The maximum atomic E-state index is 8.08. The summed E-state index contributed by atoms with van der Waals surface area (Å²) >= 11 is 0. The first-order chi connectivity index (χ1) is 20.5. The van der Waals surface area contributed by atoms with E-state index in [0.717, 1.165) is 103 Å². The summed E-state index contributed by atoms with van der Waals surface area (Å²) in [6.45, 7) is 5.30. The van der Waals surface area contributed by atoms with E-state index < -0.39 is 0 Å². The molecule has 0 spiro atoms. The Morgan fingerprint density at radius 2 is 1.55 bits per heavy atom. The molecule has 1 aromatic carbocycles. The minimum Gasteiger partial charge on any atom is -0.359 e. The Morgan fingerprint density at radius 3 is 2.26 bits per heavy atom. The quantitative estimate of drug-likeness (QED) is 0.221. The van der Waals surface area contributed by atoms with Crippen LogP contribution in [0.5, 0.6) is 0 Å². The summed E-state index contributed by atoms with van der Waals surface area (Å²) in [5, 5.41) is 16.3. The summed E-state index contributed by atoms with van der Waals surface area (Å²) < 4.78 is 14.0. The van der Waals surface area contributed by atoms with E-state index in [9.17, 15) is 0 Å². The van der Waals surface area contributed by atoms with E-state index in [1.807, 2.05) is 60.1 Å². The van der Waals surface area contributed by atoms with Crippen molar-refractivity contribution in [2.75, 3.05) is 13.2 Å². The lowest BCUT2D eigenvalue weighted by molar-refractivity contribution is -0.0385. The molecule has 8 heteroatoms. The highest BCUT2D eigenvalue weighted by atomic mass is 16.5. The molecule has 3 aromatic heterocycles. The lowest BCUT2D eigenvalue weighted by atomic mass is 10.0. The van der Waals surface area contributed by atoms with E-state index in [4.69, 9.17) is 29.9 Å². The van der Waals surface area contributed by atoms with Crippen LogP contribution in [0.2, 0.25) is 0 Å². The van der Waals surface area contributed by atoms with Gasteiger partial charge in [-0.3, -0.25) is 0 Å². The van der Waals surface area contributed by atoms with Crippen molar-refractivity contribution in [3.8, 4) is 33.9 Å². The number of allylic oxidation sites excluding steroid dienone is 1. The van der Waals surface area contributed by atoms with Crippen LogP contribution in [-0.4, -0.2) is 44.9 Å². The van der Waals surface area contributed by atoms with E-state index in [0.29, 0.717) is 5.71 Å². The lowest BCUT2D eigenvalue weighted by Crippen LogP contribution is -2.34. The van der Waals surface area contributed by atoms with Gasteiger partial charge in [0.2, 0.25) is 0 Å². The number of aryl methyl sites for hydroxylation is 1. The molecule has 2 fully saturated rings. The van der Waals surface area contributed by atoms with Gasteiger partial charge in [0.15, 0.2) is 6.23 Å². The normalized spacial score (nSPS) is 19.4. The van der Waals surface area contributed by atoms with Crippen LogP contribution in [0.25, 0.3) is 39.6 Å². The second kappa shape index (κ2) is 12.8. The van der Waals surface area contributed by atoms with Crippen molar-refractivity contribution in [2.45, 2.75) is 64.8 Å². The molecule has 0 aliphatic carbocycles. The molecule has 8 nitrogen and oxygen atoms in total. The maximum absolute atomic E-state index is 8.08. The molecule has 2 saturated heterocycles. The fourth-order valence-electron chi connectivity index (χ4n) is 5.60. The van der Waals surface area contributed by atoms with Crippen molar-refractivity contribution in [3.05, 3.63) is 84.2 Å². The Hall–Kier alpha value is -4.14. The number of aromatic nitrogens is 4. The van der Waals surface area contributed by atoms with Gasteiger partial charge in [-0.25, -0.2) is 14.6 Å². The summed E-state index contributed by atoms with van der Waals surface area (Å²) in [5.74, 6) is 0. The molecule has 0 saturated carbocycles. The Balaban J connectivity index is 1.29. The van der Waals surface area contributed by atoms with Crippen molar-refractivity contribution in [1.82, 2.24) is 25.1 Å². The van der Waals surface area contributed by atoms with Gasteiger partial charge < -0.3 is 20.2 Å². The SMILES string of the molecule is CC(=N)/C=C(\NC1CCCCO1)c1cccc(-c2cccc(-c3cccc(-c4cc(C)nn4C4CCCCO4)n3)c2)n1. The zero-order chi connectivity index (χ0) is 28.9. The highest BCUT2D eigenvalue weighted by Crippen LogP contribution is 2.31. The number of nitrogens with zero attached hydrogens (tertiary/aromatic N) is 4. The summed E-state index contributed by atoms with van der Waals surface area (Å²) in [7, 11) is 0. The smallest absolute Gasteiger partial charge is 0.150 e. The summed E-state index contributed by atoms with van der Waals surface area (Å²) in [5.41, 5.74) is 8.60. The number of nitrogens with one attached hydrogen (secondary N) is 2. The molecule has 216 valence electrons. The van der Waals surface area contributed by atoms with Crippen LogP contribution in [0, 0.1) is 12.3 Å². The maximum Gasteiger partial charge on any atom is 0.150 e. The van der Waals surface area contributed by atoms with Crippen LogP contribution in [0.3, 0.4) is 0 Å². The van der Waals surface area contributed by atoms with Crippen molar-refractivity contribution >= 4 is 11.4 Å². The Labute approximate surface area is 247 Å². The van der Waals surface area contributed by atoms with Gasteiger partial charge in [0.05, 0.1) is 39.9 Å². The van der Waals surface area contributed by atoms with Crippen molar-refractivity contribution < 1.29 is 9.47 Å². The molecule has 4 aromatic rings. The molecule has 2 atom stereocenters. The second-order valence-corrected chi connectivity index (χ2v) is 11.1. The summed E-state index contributed by atoms with van der Waals surface area (Å²) in [6, 6.07) is 22.5. The van der Waals surface area contributed by atoms with E-state index in [1.165, 1.54) is 0 Å². The molecule has 42 heavy (non-hydrogen) atoms. The van der Waals surface area contributed by atoms with Gasteiger partial charge in [0.25, 0.3) is 0 Å². The van der Waals surface area contributed by atoms with Gasteiger partial charge in [-0.1, -0.05) is 30.3 Å². The topological polar surface area (TPSA) is 97.9 Å². The number of rotatable bonds is 8. The third-order valence-corrected chi connectivity index (χ3v) is 7.63. The van der Waals surface area contributed by atoms with Crippen molar-refractivity contribution in [1.29, 1.82) is 5.41 Å². The zero-order valence-corrected chi connectivity index (χ0v) is 24.3. The van der Waals surface area contributed by atoms with Gasteiger partial charge in [0, 0.05) is 30.1 Å². The molecule has 2 unspecified atom stereocenters. The zero-order valence-electron chi connectivity index (χ0n) is 24.3. The minimum atomic E-state index is -0.0683. The molecule has 2 N–H and O–H groups in total. The first-order valence-electron chi connectivity index (χ1n) is 14.9. The summed E-state index contributed by atoms with van der Waals surface area (Å²) in [6.07, 6.45) is 8.05. The van der Waals surface area contributed by atoms with Crippen LogP contribution in [0.4, 0.5) is 0 Å². The predicted molar refractivity (Wildman–Crippen MR) is 166 cm³/mol. The number of pyridine rings is 2. The number of benzene rings is 1. The van der Waals surface area contributed by atoms with Gasteiger partial charge in [-0.05, 0) is 94.8 Å². The fraction of sp³-hybridized carbons (Fsp3) is 0.353. The summed E-state index contributed by atoms with van der Waals surface area (Å²) in [4.78, 5) is 10.1. The number of hydrogen-bond donors (Lipinski definition) is 2. The molecule has 2 aliphatic heterocycles. The monoisotopic (exact) mass is 562 g/mol. The highest BCUT2D eigenvalue weighted by Gasteiger charge is 2.22. The molecule has 0 amide bonds. The van der Waals surface area contributed by atoms with E-state index in [-0.39, 0.29) is 12.5 Å². The Kier molecular flexibility index (Phi) is 8.53. The molecule has 0 bridgehead atoms. The third-order valence-electron chi connectivity index (χ3n) is 7.63. The average molecular weight is 563 g/mol. The van der Waals surface area contributed by atoms with E-state index >= 15 is 0 Å². The van der Waals surface area contributed by atoms with Gasteiger partial charge in [-0.15, -0.1) is 0 Å². The van der Waals surface area contributed by atoms with Crippen molar-refractivity contribution in [3.63, 3.8) is 0 Å². The first kappa shape index (κ1) is 28.0. The van der Waals surface area contributed by atoms with Gasteiger partial charge >= 0.3 is 0 Å². The van der Waals surface area contributed by atoms with Gasteiger partial charge in [-0.2, -0.15) is 5.10 Å². The number of hydrogen-bond acceptors (Lipinski definition) is 7. The van der Waals surface area contributed by atoms with Crippen LogP contribution < -0.4 is 5.32 Å². The molecular weight excluding hydrogens is 524 g/mol. The Bertz CT molecular complexity index is 1580. The minimum absolute atomic E-state index is 0.0517. The Morgan fingerprint density at radius 1 is 0.857 bits per heavy atom. The number of ether oxygens (including phenoxy) is 2. The van der Waals surface area contributed by atoms with Crippen molar-refractivity contribution in [2.24, 2.45) is 0 Å². The second-order valence-electron chi connectivity index (χ2n) is 11.1. The molecular formula is C34H38N6O2. The van der Waals surface area contributed by atoms with E-state index in [2.05, 4.69) is 29.6 Å². The molecule has 6 rings (SSSR count). The van der Waals surface area contributed by atoms with Crippen LogP contribution >= 0.6 is 0 Å². The standard InChI is InChI=1S/C34H38N6O2/c1-23(35)20-31(38-33-16-3-5-18-41-33)29-14-8-12-27(36-29)25-10-7-11-26(22-25)28-13-9-15-30(37-28)32-21-24(2)39-40(32)34-17-4-6-19-42-34/h7-15,20-22,33-35,38H,3-6,16-19H2,1-2H3/b31-20-,35-23?.